The van der Waals surface area contributed by atoms with Crippen LogP contribution in [0.4, 0.5) is 0 Å². The van der Waals surface area contributed by atoms with E-state index >= 15 is 0 Å². The summed E-state index contributed by atoms with van der Waals surface area (Å²) in [5.41, 5.74) is 21.2. The second kappa shape index (κ2) is 15.0. The number of aliphatic carboxylic acids is 2. The topological polar surface area (TPSA) is 295 Å². The number of nitrogens with one attached hydrogen (secondary N) is 3. The average Bonchev–Trinajstić information content (AvgIpc) is 2.72. The van der Waals surface area contributed by atoms with E-state index < -0.39 is 66.2 Å². The molecule has 0 aliphatic heterocycles. The highest BCUT2D eigenvalue weighted by molar-refractivity contribution is 5.95. The monoisotopic (exact) mass is 488 g/mol. The molecular weight excluding hydrogens is 456 g/mol. The Morgan fingerprint density at radius 1 is 0.853 bits per heavy atom. The fourth-order valence-electron chi connectivity index (χ4n) is 2.51. The zero-order chi connectivity index (χ0) is 26.4. The molecule has 4 amide bonds. The maximum absolute atomic E-state index is 12.8. The number of rotatable bonds is 16. The first kappa shape index (κ1) is 30.1. The van der Waals surface area contributed by atoms with Gasteiger partial charge < -0.3 is 49.1 Å². The molecule has 0 aliphatic rings. The number of nitrogens with zero attached hydrogens (tertiary/aromatic N) is 1. The minimum atomic E-state index is -1.63. The van der Waals surface area contributed by atoms with Crippen LogP contribution in [0.1, 0.15) is 39.0 Å². The van der Waals surface area contributed by atoms with E-state index in [1.807, 2.05) is 0 Å². The zero-order valence-corrected chi connectivity index (χ0v) is 18.7. The summed E-state index contributed by atoms with van der Waals surface area (Å²) in [4.78, 5) is 74.2. The van der Waals surface area contributed by atoms with Crippen molar-refractivity contribution in [1.29, 1.82) is 0 Å². The highest BCUT2D eigenvalue weighted by Gasteiger charge is 2.30. The lowest BCUT2D eigenvalue weighted by molar-refractivity contribution is -0.143. The molecule has 0 heterocycles. The van der Waals surface area contributed by atoms with Crippen LogP contribution >= 0.6 is 0 Å². The number of hydrogen-bond donors (Lipinski definition) is 9. The van der Waals surface area contributed by atoms with Crippen molar-refractivity contribution in [1.82, 2.24) is 16.0 Å². The van der Waals surface area contributed by atoms with E-state index in [1.54, 1.807) is 0 Å². The molecule has 16 heteroatoms. The van der Waals surface area contributed by atoms with E-state index in [0.717, 1.165) is 6.92 Å². The van der Waals surface area contributed by atoms with Gasteiger partial charge in [0.05, 0.1) is 12.5 Å². The molecule has 192 valence electrons. The molecule has 0 saturated carbocycles. The number of aliphatic imine (C=N–C) groups is 1. The van der Waals surface area contributed by atoms with Crippen molar-refractivity contribution in [2.24, 2.45) is 27.9 Å². The van der Waals surface area contributed by atoms with Crippen molar-refractivity contribution in [3.05, 3.63) is 0 Å². The molecular formula is C18H32N8O8. The summed E-state index contributed by atoms with van der Waals surface area (Å²) in [7, 11) is 0. The molecule has 13 N–H and O–H groups in total. The molecule has 0 rings (SSSR count). The maximum atomic E-state index is 12.8. The fourth-order valence-corrected chi connectivity index (χ4v) is 2.51. The van der Waals surface area contributed by atoms with Gasteiger partial charge in [-0.25, -0.2) is 0 Å². The molecule has 0 aromatic carbocycles. The van der Waals surface area contributed by atoms with Crippen LogP contribution in [0, 0.1) is 0 Å². The van der Waals surface area contributed by atoms with Gasteiger partial charge in [0.15, 0.2) is 5.96 Å². The van der Waals surface area contributed by atoms with E-state index in [-0.39, 0.29) is 38.2 Å². The summed E-state index contributed by atoms with van der Waals surface area (Å²) in [6.45, 7) is 1.25. The molecule has 34 heavy (non-hydrogen) atoms. The van der Waals surface area contributed by atoms with Gasteiger partial charge in [0.25, 0.3) is 0 Å². The number of carbonyl (C=O) groups excluding carboxylic acids is 4. The SMILES string of the molecule is CC(NC(=O)C(CC(=O)O)NC(=O)C(CCCN=C(N)N)NC(=O)C(N)CCC(N)=O)C(=O)O. The van der Waals surface area contributed by atoms with Gasteiger partial charge in [0, 0.05) is 13.0 Å². The van der Waals surface area contributed by atoms with Gasteiger partial charge in [-0.2, -0.15) is 0 Å². The molecule has 4 unspecified atom stereocenters. The predicted octanol–water partition coefficient (Wildman–Crippen LogP) is -4.33. The Morgan fingerprint density at radius 3 is 1.91 bits per heavy atom. The molecule has 0 bridgehead atoms. The first-order valence-corrected chi connectivity index (χ1v) is 10.2. The average molecular weight is 489 g/mol. The molecule has 4 atom stereocenters. The summed E-state index contributed by atoms with van der Waals surface area (Å²) in [5.74, 6) is -6.44. The Kier molecular flexibility index (Phi) is 13.2. The smallest absolute Gasteiger partial charge is 0.325 e. The van der Waals surface area contributed by atoms with E-state index in [1.165, 1.54) is 0 Å². The summed E-state index contributed by atoms with van der Waals surface area (Å²) in [6, 6.07) is -5.43. The van der Waals surface area contributed by atoms with E-state index in [9.17, 15) is 28.8 Å². The van der Waals surface area contributed by atoms with Crippen molar-refractivity contribution in [3.63, 3.8) is 0 Å². The zero-order valence-electron chi connectivity index (χ0n) is 18.7. The largest absolute Gasteiger partial charge is 0.481 e. The van der Waals surface area contributed by atoms with Gasteiger partial charge >= 0.3 is 11.9 Å². The van der Waals surface area contributed by atoms with Crippen LogP contribution in [-0.4, -0.2) is 82.5 Å². The van der Waals surface area contributed by atoms with Crippen molar-refractivity contribution in [3.8, 4) is 0 Å². The third-order valence-electron chi connectivity index (χ3n) is 4.36. The number of carboxylic acid groups (broad SMARTS) is 2. The number of primary amides is 1. The molecule has 0 aromatic rings. The minimum Gasteiger partial charge on any atom is -0.481 e. The van der Waals surface area contributed by atoms with Crippen molar-refractivity contribution < 1.29 is 39.0 Å². The third-order valence-corrected chi connectivity index (χ3v) is 4.36. The third kappa shape index (κ3) is 12.8. The van der Waals surface area contributed by atoms with Crippen LogP contribution in [0.3, 0.4) is 0 Å². The number of nitrogens with two attached hydrogens (primary N) is 4. The number of carboxylic acids is 2. The molecule has 0 spiro atoms. The number of hydrogen-bond acceptors (Lipinski definition) is 8. The van der Waals surface area contributed by atoms with Gasteiger partial charge in [-0.3, -0.25) is 33.8 Å². The van der Waals surface area contributed by atoms with Gasteiger partial charge in [-0.1, -0.05) is 0 Å². The molecule has 0 aromatic heterocycles. The molecule has 0 radical (unpaired) electrons. The Morgan fingerprint density at radius 2 is 1.41 bits per heavy atom. The second-order valence-electron chi connectivity index (χ2n) is 7.35. The summed E-state index contributed by atoms with van der Waals surface area (Å²) >= 11 is 0. The lowest BCUT2D eigenvalue weighted by Crippen LogP contribution is -2.57. The Hall–Kier alpha value is -3.95. The van der Waals surface area contributed by atoms with E-state index in [0.29, 0.717) is 0 Å². The number of carbonyl (C=O) groups is 6. The van der Waals surface area contributed by atoms with Crippen LogP contribution in [0.2, 0.25) is 0 Å². The summed E-state index contributed by atoms with van der Waals surface area (Å²) in [5, 5.41) is 24.6. The normalized spacial score (nSPS) is 13.9. The van der Waals surface area contributed by atoms with Gasteiger partial charge in [0.2, 0.25) is 23.6 Å². The lowest BCUT2D eigenvalue weighted by atomic mass is 10.1. The van der Waals surface area contributed by atoms with Crippen LogP contribution in [0.5, 0.6) is 0 Å². The highest BCUT2D eigenvalue weighted by Crippen LogP contribution is 2.04. The Balaban J connectivity index is 5.47. The molecule has 16 nitrogen and oxygen atoms in total. The van der Waals surface area contributed by atoms with Crippen LogP contribution in [-0.2, 0) is 28.8 Å². The summed E-state index contributed by atoms with van der Waals surface area (Å²) in [6.07, 6.45) is -0.918. The second-order valence-corrected chi connectivity index (χ2v) is 7.35. The van der Waals surface area contributed by atoms with E-state index in [4.69, 9.17) is 33.1 Å². The first-order chi connectivity index (χ1) is 15.7. The highest BCUT2D eigenvalue weighted by atomic mass is 16.4. The number of guanidine groups is 1. The van der Waals surface area contributed by atoms with Crippen molar-refractivity contribution >= 4 is 41.5 Å². The molecule has 0 aliphatic carbocycles. The molecule has 0 fully saturated rings. The Labute approximate surface area is 194 Å². The predicted molar refractivity (Wildman–Crippen MR) is 118 cm³/mol. The standard InChI is InChI=1S/C18H32N8O8/c1-8(17(33)34)24-16(32)11(7-13(28)29)26-15(31)10(3-2-6-23-18(21)22)25-14(30)9(19)4-5-12(20)27/h8-11H,2-7,19H2,1H3,(H2,20,27)(H,24,32)(H,25,30)(H,26,31)(H,28,29)(H,33,34)(H4,21,22,23). The molecule has 0 saturated heterocycles. The first-order valence-electron chi connectivity index (χ1n) is 10.2. The van der Waals surface area contributed by atoms with Crippen LogP contribution in [0.25, 0.3) is 0 Å². The van der Waals surface area contributed by atoms with Crippen LogP contribution < -0.4 is 38.9 Å². The van der Waals surface area contributed by atoms with Gasteiger partial charge in [-0.15, -0.1) is 0 Å². The van der Waals surface area contributed by atoms with Gasteiger partial charge in [0.1, 0.15) is 18.1 Å². The van der Waals surface area contributed by atoms with Crippen molar-refractivity contribution in [2.75, 3.05) is 6.54 Å². The van der Waals surface area contributed by atoms with Crippen LogP contribution in [0.15, 0.2) is 4.99 Å². The number of amides is 4. The Bertz CT molecular complexity index is 799. The lowest BCUT2D eigenvalue weighted by Gasteiger charge is -2.24. The maximum Gasteiger partial charge on any atom is 0.325 e. The van der Waals surface area contributed by atoms with Gasteiger partial charge in [-0.05, 0) is 26.2 Å². The van der Waals surface area contributed by atoms with Crippen molar-refractivity contribution in [2.45, 2.75) is 63.2 Å². The fraction of sp³-hybridized carbons (Fsp3) is 0.611. The summed E-state index contributed by atoms with van der Waals surface area (Å²) < 4.78 is 0. The quantitative estimate of drug-likeness (QED) is 0.0568. The van der Waals surface area contributed by atoms with E-state index in [2.05, 4.69) is 20.9 Å². The minimum absolute atomic E-state index is 0.0240.